The van der Waals surface area contributed by atoms with Crippen molar-refractivity contribution in [1.29, 1.82) is 0 Å². The van der Waals surface area contributed by atoms with Gasteiger partial charge in [-0.15, -0.1) is 0 Å². The summed E-state index contributed by atoms with van der Waals surface area (Å²) in [5.41, 5.74) is 10.2. The second kappa shape index (κ2) is 5.04. The van der Waals surface area contributed by atoms with E-state index in [9.17, 15) is 14.7 Å². The number of aliphatic hydroxyl groups is 1. The molecule has 4 aliphatic heterocycles. The molecule has 3 unspecified atom stereocenters. The highest BCUT2D eigenvalue weighted by atomic mass is 16.3. The molecule has 0 saturated carbocycles. The Morgan fingerprint density at radius 1 is 1.44 bits per heavy atom. The molecule has 5 atom stereocenters. The van der Waals surface area contributed by atoms with Gasteiger partial charge in [-0.25, -0.2) is 9.79 Å². The molecule has 3 fully saturated rings. The molecule has 1 spiro atoms. The first-order valence-electron chi connectivity index (χ1n) is 8.35. The van der Waals surface area contributed by atoms with Crippen LogP contribution in [0.2, 0.25) is 0 Å². The van der Waals surface area contributed by atoms with Crippen LogP contribution in [-0.4, -0.2) is 94.0 Å². The molecule has 3 saturated heterocycles. The van der Waals surface area contributed by atoms with Gasteiger partial charge in [0, 0.05) is 13.6 Å². The number of hydrogen-bond acceptors (Lipinski definition) is 9. The number of nitrogens with one attached hydrogen (secondary N) is 2. The Hall–Kier alpha value is -1.95. The lowest BCUT2D eigenvalue weighted by Gasteiger charge is -2.50. The predicted octanol–water partition coefficient (Wildman–Crippen LogP) is -3.47. The first kappa shape index (κ1) is 16.5. The van der Waals surface area contributed by atoms with Crippen LogP contribution in [0.1, 0.15) is 13.3 Å². The fraction of sp³-hybridized carbons (Fsp3) is 0.786. The summed E-state index contributed by atoms with van der Waals surface area (Å²) in [5, 5.41) is 17.5. The summed E-state index contributed by atoms with van der Waals surface area (Å²) >= 11 is 0. The maximum Gasteiger partial charge on any atom is 0.327 e. The van der Waals surface area contributed by atoms with E-state index in [1.807, 2.05) is 4.90 Å². The normalized spacial score (nSPS) is 43.6. The minimum absolute atomic E-state index is 0.0512. The van der Waals surface area contributed by atoms with Crippen molar-refractivity contribution < 1.29 is 14.7 Å². The standard InChI is InChI=1S/C14H24N8O3/c1-13(25)3-4-22-11(16)17-7(9-14(13,22)19-10(15)18-9)5-21-8(23)6-20(2)12(21)24/h7,9-10,18-19,25H,3-6,15H2,1-2H3,(H2,16,17)/t7-,9?,10?,13-,14?/m0/s1. The van der Waals surface area contributed by atoms with Crippen molar-refractivity contribution >= 4 is 17.9 Å². The van der Waals surface area contributed by atoms with Gasteiger partial charge in [0.25, 0.3) is 0 Å². The smallest absolute Gasteiger partial charge is 0.327 e. The first-order valence-corrected chi connectivity index (χ1v) is 8.35. The van der Waals surface area contributed by atoms with Crippen molar-refractivity contribution in [1.82, 2.24) is 25.3 Å². The Morgan fingerprint density at radius 2 is 2.16 bits per heavy atom. The van der Waals surface area contributed by atoms with Crippen LogP contribution in [0.4, 0.5) is 4.79 Å². The summed E-state index contributed by atoms with van der Waals surface area (Å²) in [6.07, 6.45) is -0.0636. The van der Waals surface area contributed by atoms with Crippen LogP contribution in [0, 0.1) is 0 Å². The van der Waals surface area contributed by atoms with Crippen LogP contribution in [-0.2, 0) is 4.79 Å². The number of amides is 3. The highest BCUT2D eigenvalue weighted by Crippen LogP contribution is 2.44. The van der Waals surface area contributed by atoms with E-state index >= 15 is 0 Å². The van der Waals surface area contributed by atoms with Crippen molar-refractivity contribution in [2.24, 2.45) is 16.5 Å². The second-order valence-corrected chi connectivity index (χ2v) is 7.41. The number of hydrogen-bond donors (Lipinski definition) is 5. The Labute approximate surface area is 145 Å². The third kappa shape index (κ3) is 2.03. The molecule has 138 valence electrons. The number of nitrogens with zero attached hydrogens (tertiary/aromatic N) is 4. The summed E-state index contributed by atoms with van der Waals surface area (Å²) in [7, 11) is 1.58. The lowest BCUT2D eigenvalue weighted by molar-refractivity contribution is -0.125. The second-order valence-electron chi connectivity index (χ2n) is 7.41. The molecule has 4 rings (SSSR count). The van der Waals surface area contributed by atoms with Gasteiger partial charge in [0.05, 0.1) is 18.6 Å². The number of rotatable bonds is 2. The monoisotopic (exact) mass is 352 g/mol. The molecule has 0 aromatic carbocycles. The predicted molar refractivity (Wildman–Crippen MR) is 87.9 cm³/mol. The van der Waals surface area contributed by atoms with Crippen LogP contribution in [0.15, 0.2) is 4.99 Å². The van der Waals surface area contributed by atoms with Crippen LogP contribution < -0.4 is 22.1 Å². The minimum Gasteiger partial charge on any atom is -0.386 e. The number of aliphatic imine (C=N–C) groups is 1. The molecular weight excluding hydrogens is 328 g/mol. The van der Waals surface area contributed by atoms with Gasteiger partial charge in [-0.1, -0.05) is 0 Å². The lowest BCUT2D eigenvalue weighted by atomic mass is 9.80. The van der Waals surface area contributed by atoms with Gasteiger partial charge < -0.3 is 26.4 Å². The zero-order chi connectivity index (χ0) is 18.1. The lowest BCUT2D eigenvalue weighted by Crippen LogP contribution is -2.76. The van der Waals surface area contributed by atoms with E-state index in [4.69, 9.17) is 11.5 Å². The van der Waals surface area contributed by atoms with E-state index in [0.717, 1.165) is 0 Å². The SMILES string of the molecule is CN1CC(=O)N(C[C@@H]2N=C(N)N3CC[C@](C)(O)C34NC(N)NC24)C1=O. The molecule has 3 amide bonds. The summed E-state index contributed by atoms with van der Waals surface area (Å²) < 4.78 is 0. The van der Waals surface area contributed by atoms with Crippen molar-refractivity contribution in [2.75, 3.05) is 26.7 Å². The molecule has 11 nitrogen and oxygen atoms in total. The average molecular weight is 352 g/mol. The number of imide groups is 1. The van der Waals surface area contributed by atoms with Gasteiger partial charge in [-0.05, 0) is 13.3 Å². The van der Waals surface area contributed by atoms with E-state index in [0.29, 0.717) is 13.0 Å². The summed E-state index contributed by atoms with van der Waals surface area (Å²) in [5.74, 6) is 0.000984. The van der Waals surface area contributed by atoms with Crippen LogP contribution in [0.3, 0.4) is 0 Å². The van der Waals surface area contributed by atoms with E-state index in [1.54, 1.807) is 14.0 Å². The number of nitrogens with two attached hydrogens (primary N) is 2. The molecule has 25 heavy (non-hydrogen) atoms. The zero-order valence-electron chi connectivity index (χ0n) is 14.3. The Balaban J connectivity index is 1.70. The molecule has 0 aromatic heterocycles. The zero-order valence-corrected chi connectivity index (χ0v) is 14.3. The topological polar surface area (TPSA) is 153 Å². The molecular formula is C14H24N8O3. The van der Waals surface area contributed by atoms with Gasteiger partial charge in [0.15, 0.2) is 5.96 Å². The van der Waals surface area contributed by atoms with Crippen LogP contribution in [0.5, 0.6) is 0 Å². The van der Waals surface area contributed by atoms with Crippen LogP contribution in [0.25, 0.3) is 0 Å². The van der Waals surface area contributed by atoms with Crippen LogP contribution >= 0.6 is 0 Å². The van der Waals surface area contributed by atoms with Crippen molar-refractivity contribution in [2.45, 2.75) is 43.0 Å². The van der Waals surface area contributed by atoms with Gasteiger partial charge in [-0.3, -0.25) is 20.3 Å². The summed E-state index contributed by atoms with van der Waals surface area (Å²) in [6.45, 7) is 2.41. The summed E-state index contributed by atoms with van der Waals surface area (Å²) in [4.78, 5) is 33.2. The first-order chi connectivity index (χ1) is 11.7. The Kier molecular flexibility index (Phi) is 3.33. The van der Waals surface area contributed by atoms with Crippen molar-refractivity contribution in [3.05, 3.63) is 0 Å². The van der Waals surface area contributed by atoms with E-state index < -0.39 is 29.6 Å². The Bertz CT molecular complexity index is 666. The third-order valence-electron chi connectivity index (χ3n) is 5.81. The quantitative estimate of drug-likeness (QED) is 0.321. The van der Waals surface area contributed by atoms with Gasteiger partial charge in [0.2, 0.25) is 5.91 Å². The highest BCUT2D eigenvalue weighted by Gasteiger charge is 2.68. The average Bonchev–Trinajstić information content (AvgIpc) is 3.09. The van der Waals surface area contributed by atoms with Gasteiger partial charge in [-0.2, -0.15) is 0 Å². The molecule has 7 N–H and O–H groups in total. The number of carbonyl (C=O) groups is 2. The fourth-order valence-electron chi connectivity index (χ4n) is 4.59. The molecule has 0 radical (unpaired) electrons. The van der Waals surface area contributed by atoms with Gasteiger partial charge >= 0.3 is 6.03 Å². The molecule has 4 aliphatic rings. The fourth-order valence-corrected chi connectivity index (χ4v) is 4.59. The number of urea groups is 1. The molecule has 0 aromatic rings. The number of guanidine groups is 1. The highest BCUT2D eigenvalue weighted by molar-refractivity contribution is 6.01. The third-order valence-corrected chi connectivity index (χ3v) is 5.81. The van der Waals surface area contributed by atoms with E-state index in [2.05, 4.69) is 15.6 Å². The number of carbonyl (C=O) groups excluding carboxylic acids is 2. The minimum atomic E-state index is -1.10. The van der Waals surface area contributed by atoms with Gasteiger partial charge in [0.1, 0.15) is 24.1 Å². The number of likely N-dealkylation sites (N-methyl/N-ethyl adjacent to an activating group) is 1. The largest absolute Gasteiger partial charge is 0.386 e. The van der Waals surface area contributed by atoms with E-state index in [-0.39, 0.29) is 31.0 Å². The Morgan fingerprint density at radius 3 is 2.80 bits per heavy atom. The molecule has 11 heteroatoms. The maximum absolute atomic E-state index is 12.2. The molecule has 0 bridgehead atoms. The van der Waals surface area contributed by atoms with E-state index in [1.165, 1.54) is 9.80 Å². The van der Waals surface area contributed by atoms with Crippen molar-refractivity contribution in [3.63, 3.8) is 0 Å². The molecule has 0 aliphatic carbocycles. The summed E-state index contributed by atoms with van der Waals surface area (Å²) in [6, 6.07) is -1.27. The maximum atomic E-state index is 12.2. The molecule has 4 heterocycles. The van der Waals surface area contributed by atoms with Crippen molar-refractivity contribution in [3.8, 4) is 0 Å².